The molecule has 9 heteroatoms. The highest BCUT2D eigenvalue weighted by Crippen LogP contribution is 2.43. The summed E-state index contributed by atoms with van der Waals surface area (Å²) in [5.74, 6) is 1.45. The van der Waals surface area contributed by atoms with Crippen LogP contribution in [0.3, 0.4) is 0 Å². The van der Waals surface area contributed by atoms with Crippen LogP contribution < -0.4 is 19.5 Å². The Morgan fingerprint density at radius 3 is 2.10 bits per heavy atom. The zero-order chi connectivity index (χ0) is 21.9. The van der Waals surface area contributed by atoms with Crippen molar-refractivity contribution in [2.24, 2.45) is 0 Å². The number of piperazine rings is 1. The van der Waals surface area contributed by atoms with Crippen molar-refractivity contribution in [3.8, 4) is 17.2 Å². The second kappa shape index (κ2) is 9.32. The number of rotatable bonds is 6. The normalized spacial score (nSPS) is 16.2. The molecule has 0 saturated carbocycles. The molecule has 1 atom stereocenters. The van der Waals surface area contributed by atoms with Gasteiger partial charge in [0.15, 0.2) is 11.5 Å². The summed E-state index contributed by atoms with van der Waals surface area (Å²) in [6.07, 6.45) is -4.55. The standard InChI is InChI=1S/C21H24ClF3N2O3/c1-28-17-12-19(30-3)18(29-2)11-14(17)20(27-8-6-26-7-9-27)13-4-5-16(22)15(10-13)21(23,24)25/h4-5,10-12,20,26H,6-9H2,1-3H3. The van der Waals surface area contributed by atoms with Crippen molar-refractivity contribution in [1.82, 2.24) is 10.2 Å². The van der Waals surface area contributed by atoms with Crippen molar-refractivity contribution in [2.45, 2.75) is 12.2 Å². The van der Waals surface area contributed by atoms with E-state index in [1.54, 1.807) is 18.2 Å². The van der Waals surface area contributed by atoms with Gasteiger partial charge >= 0.3 is 6.18 Å². The van der Waals surface area contributed by atoms with Gasteiger partial charge in [0, 0.05) is 37.8 Å². The summed E-state index contributed by atoms with van der Waals surface area (Å²) in [5.41, 5.74) is 0.299. The molecule has 164 valence electrons. The minimum atomic E-state index is -4.55. The third-order valence-corrected chi connectivity index (χ3v) is 5.49. The van der Waals surface area contributed by atoms with Crippen LogP contribution in [-0.2, 0) is 6.18 Å². The van der Waals surface area contributed by atoms with Crippen LogP contribution in [0, 0.1) is 0 Å². The van der Waals surface area contributed by atoms with Gasteiger partial charge in [0.05, 0.1) is 38.0 Å². The fourth-order valence-electron chi connectivity index (χ4n) is 3.72. The van der Waals surface area contributed by atoms with Crippen molar-refractivity contribution >= 4 is 11.6 Å². The van der Waals surface area contributed by atoms with Gasteiger partial charge in [-0.2, -0.15) is 13.2 Å². The molecule has 1 unspecified atom stereocenters. The smallest absolute Gasteiger partial charge is 0.417 e. The number of benzene rings is 2. The number of alkyl halides is 3. The van der Waals surface area contributed by atoms with Gasteiger partial charge in [-0.05, 0) is 23.8 Å². The molecule has 1 heterocycles. The first-order chi connectivity index (χ1) is 14.3. The maximum absolute atomic E-state index is 13.5. The number of halogens is 4. The van der Waals surface area contributed by atoms with Gasteiger partial charge in [-0.15, -0.1) is 0 Å². The van der Waals surface area contributed by atoms with Crippen molar-refractivity contribution in [3.63, 3.8) is 0 Å². The van der Waals surface area contributed by atoms with Gasteiger partial charge in [0.25, 0.3) is 0 Å². The molecule has 1 aliphatic rings. The van der Waals surface area contributed by atoms with Gasteiger partial charge in [0.2, 0.25) is 0 Å². The largest absolute Gasteiger partial charge is 0.496 e. The number of methoxy groups -OCH3 is 3. The van der Waals surface area contributed by atoms with E-state index in [1.807, 2.05) is 0 Å². The van der Waals surface area contributed by atoms with Crippen molar-refractivity contribution in [1.29, 1.82) is 0 Å². The van der Waals surface area contributed by atoms with Crippen molar-refractivity contribution < 1.29 is 27.4 Å². The average Bonchev–Trinajstić information content (AvgIpc) is 2.74. The van der Waals surface area contributed by atoms with Crippen molar-refractivity contribution in [2.75, 3.05) is 47.5 Å². The van der Waals surface area contributed by atoms with Gasteiger partial charge in [-0.25, -0.2) is 0 Å². The predicted molar refractivity (Wildman–Crippen MR) is 109 cm³/mol. The van der Waals surface area contributed by atoms with E-state index in [4.69, 9.17) is 25.8 Å². The molecule has 1 fully saturated rings. The molecular formula is C21H24ClF3N2O3. The molecule has 3 rings (SSSR count). The first kappa shape index (κ1) is 22.5. The van der Waals surface area contributed by atoms with E-state index in [9.17, 15) is 13.2 Å². The number of hydrogen-bond donors (Lipinski definition) is 1. The molecule has 30 heavy (non-hydrogen) atoms. The van der Waals surface area contributed by atoms with E-state index in [-0.39, 0.29) is 5.02 Å². The number of hydrogen-bond acceptors (Lipinski definition) is 5. The van der Waals surface area contributed by atoms with Gasteiger partial charge in [-0.1, -0.05) is 17.7 Å². The third-order valence-electron chi connectivity index (χ3n) is 5.16. The second-order valence-corrected chi connectivity index (χ2v) is 7.28. The Morgan fingerprint density at radius 2 is 1.53 bits per heavy atom. The minimum absolute atomic E-state index is 0.329. The van der Waals surface area contributed by atoms with E-state index in [1.165, 1.54) is 27.4 Å². The lowest BCUT2D eigenvalue weighted by Crippen LogP contribution is -2.45. The maximum atomic E-state index is 13.5. The highest BCUT2D eigenvalue weighted by atomic mass is 35.5. The summed E-state index contributed by atoms with van der Waals surface area (Å²) in [7, 11) is 4.54. The number of ether oxygens (including phenoxy) is 3. The first-order valence-electron chi connectivity index (χ1n) is 9.41. The van der Waals surface area contributed by atoms with Crippen LogP contribution in [-0.4, -0.2) is 52.4 Å². The lowest BCUT2D eigenvalue weighted by molar-refractivity contribution is -0.137. The molecule has 0 radical (unpaired) electrons. The quantitative estimate of drug-likeness (QED) is 0.716. The van der Waals surface area contributed by atoms with Crippen LogP contribution in [0.4, 0.5) is 13.2 Å². The summed E-state index contributed by atoms with van der Waals surface area (Å²) in [6, 6.07) is 6.99. The molecule has 0 amide bonds. The Labute approximate surface area is 178 Å². The molecule has 0 aromatic heterocycles. The fourth-order valence-corrected chi connectivity index (χ4v) is 3.95. The second-order valence-electron chi connectivity index (χ2n) is 6.87. The lowest BCUT2D eigenvalue weighted by Gasteiger charge is -2.36. The molecule has 1 saturated heterocycles. The molecule has 0 spiro atoms. The fraction of sp³-hybridized carbons (Fsp3) is 0.429. The first-order valence-corrected chi connectivity index (χ1v) is 9.79. The van der Waals surface area contributed by atoms with E-state index in [0.29, 0.717) is 41.5 Å². The monoisotopic (exact) mass is 444 g/mol. The van der Waals surface area contributed by atoms with Crippen LogP contribution in [0.15, 0.2) is 30.3 Å². The van der Waals surface area contributed by atoms with E-state index >= 15 is 0 Å². The lowest BCUT2D eigenvalue weighted by atomic mass is 9.93. The van der Waals surface area contributed by atoms with Gasteiger partial charge in [0.1, 0.15) is 5.75 Å². The Bertz CT molecular complexity index is 887. The molecule has 5 nitrogen and oxygen atoms in total. The van der Waals surface area contributed by atoms with Crippen LogP contribution in [0.1, 0.15) is 22.7 Å². The zero-order valence-corrected chi connectivity index (χ0v) is 17.7. The van der Waals surface area contributed by atoms with Crippen molar-refractivity contribution in [3.05, 3.63) is 52.0 Å². The van der Waals surface area contributed by atoms with Gasteiger partial charge in [-0.3, -0.25) is 4.90 Å². The summed E-state index contributed by atoms with van der Waals surface area (Å²) in [4.78, 5) is 2.11. The molecule has 2 aromatic rings. The SMILES string of the molecule is COc1cc(OC)c(C(c2ccc(Cl)c(C(F)(F)F)c2)N2CCNCC2)cc1OC. The molecule has 0 bridgehead atoms. The summed E-state index contributed by atoms with van der Waals surface area (Å²) in [5, 5.41) is 2.94. The highest BCUT2D eigenvalue weighted by molar-refractivity contribution is 6.31. The topological polar surface area (TPSA) is 43.0 Å². The average molecular weight is 445 g/mol. The van der Waals surface area contributed by atoms with Crippen LogP contribution in [0.2, 0.25) is 5.02 Å². The van der Waals surface area contributed by atoms with Crippen LogP contribution in [0.25, 0.3) is 0 Å². The van der Waals surface area contributed by atoms with E-state index < -0.39 is 17.8 Å². The van der Waals surface area contributed by atoms with Gasteiger partial charge < -0.3 is 19.5 Å². The molecular weight excluding hydrogens is 421 g/mol. The van der Waals surface area contributed by atoms with Crippen LogP contribution in [0.5, 0.6) is 17.2 Å². The molecule has 0 aliphatic carbocycles. The zero-order valence-electron chi connectivity index (χ0n) is 17.0. The predicted octanol–water partition coefficient (Wildman–Crippen LogP) is 4.38. The Hall–Kier alpha value is -2.16. The summed E-state index contributed by atoms with van der Waals surface area (Å²) < 4.78 is 57.0. The molecule has 2 aromatic carbocycles. The third kappa shape index (κ3) is 4.61. The maximum Gasteiger partial charge on any atom is 0.417 e. The number of nitrogens with one attached hydrogen (secondary N) is 1. The Kier molecular flexibility index (Phi) is 7.00. The summed E-state index contributed by atoms with van der Waals surface area (Å²) in [6.45, 7) is 2.77. The Morgan fingerprint density at radius 1 is 0.933 bits per heavy atom. The Balaban J connectivity index is 2.20. The molecule has 1 N–H and O–H groups in total. The number of nitrogens with zero attached hydrogens (tertiary/aromatic N) is 1. The minimum Gasteiger partial charge on any atom is -0.496 e. The summed E-state index contributed by atoms with van der Waals surface area (Å²) >= 11 is 5.86. The molecule has 1 aliphatic heterocycles. The van der Waals surface area contributed by atoms with E-state index in [2.05, 4.69) is 10.2 Å². The van der Waals surface area contributed by atoms with E-state index in [0.717, 1.165) is 19.2 Å². The van der Waals surface area contributed by atoms with Crippen LogP contribution >= 0.6 is 11.6 Å². The highest BCUT2D eigenvalue weighted by Gasteiger charge is 2.35.